The number of carbonyl (C=O) groups excluding carboxylic acids is 2. The number of amides is 2. The molecule has 7 heteroatoms. The van der Waals surface area contributed by atoms with Crippen LogP contribution in [0.15, 0.2) is 35.9 Å². The van der Waals surface area contributed by atoms with Crippen LogP contribution in [0.4, 0.5) is 4.39 Å². The van der Waals surface area contributed by atoms with Crippen molar-refractivity contribution in [2.75, 3.05) is 46.3 Å². The smallest absolute Gasteiger partial charge is 0.309 e. The van der Waals surface area contributed by atoms with E-state index in [1.165, 1.54) is 30.5 Å². The third-order valence-electron chi connectivity index (χ3n) is 6.01. The zero-order valence-corrected chi connectivity index (χ0v) is 17.8. The van der Waals surface area contributed by atoms with E-state index in [2.05, 4.69) is 33.6 Å². The summed E-state index contributed by atoms with van der Waals surface area (Å²) in [6, 6.07) is 6.29. The number of carbonyl (C=O) groups is 2. The van der Waals surface area contributed by atoms with Crippen LogP contribution in [0.3, 0.4) is 0 Å². The Hall–Kier alpha value is -2.25. The number of nitrogens with one attached hydrogen (secondary N) is 2. The summed E-state index contributed by atoms with van der Waals surface area (Å²) in [5.41, 5.74) is 2.30. The van der Waals surface area contributed by atoms with Crippen LogP contribution >= 0.6 is 0 Å². The maximum Gasteiger partial charge on any atom is 0.309 e. The van der Waals surface area contributed by atoms with E-state index in [4.69, 9.17) is 0 Å². The Bertz CT molecular complexity index is 742. The standard InChI is InChI=1S/C23H33FN4O2/c1-27-13-15-28(16-14-27)21(19-7-9-20(24)10-8-19)17-26-23(30)22(29)25-12-11-18-5-3-2-4-6-18/h5,7-10,21H,2-4,6,11-17H2,1H3,(H,25,29)(H,26,30)/t21-/m0/s1. The molecule has 1 heterocycles. The molecule has 1 aliphatic heterocycles. The highest BCUT2D eigenvalue weighted by atomic mass is 19.1. The van der Waals surface area contributed by atoms with Crippen molar-refractivity contribution in [3.63, 3.8) is 0 Å². The zero-order valence-electron chi connectivity index (χ0n) is 17.8. The van der Waals surface area contributed by atoms with Crippen LogP contribution in [0.25, 0.3) is 0 Å². The van der Waals surface area contributed by atoms with Gasteiger partial charge in [0, 0.05) is 39.3 Å². The quantitative estimate of drug-likeness (QED) is 0.529. The van der Waals surface area contributed by atoms with Gasteiger partial charge in [-0.05, 0) is 56.8 Å². The van der Waals surface area contributed by atoms with Gasteiger partial charge in [-0.3, -0.25) is 14.5 Å². The van der Waals surface area contributed by atoms with Gasteiger partial charge < -0.3 is 15.5 Å². The molecule has 1 aliphatic carbocycles. The third-order valence-corrected chi connectivity index (χ3v) is 6.01. The molecule has 1 aromatic carbocycles. The number of allylic oxidation sites excluding steroid dienone is 1. The Morgan fingerprint density at radius 2 is 1.73 bits per heavy atom. The fourth-order valence-corrected chi connectivity index (χ4v) is 4.09. The van der Waals surface area contributed by atoms with E-state index in [1.54, 1.807) is 12.1 Å². The Kier molecular flexibility index (Phi) is 8.39. The molecule has 6 nitrogen and oxygen atoms in total. The van der Waals surface area contributed by atoms with Crippen LogP contribution in [0, 0.1) is 5.82 Å². The molecule has 1 atom stereocenters. The van der Waals surface area contributed by atoms with Gasteiger partial charge in [0.1, 0.15) is 5.82 Å². The van der Waals surface area contributed by atoms with Gasteiger partial charge in [0.05, 0.1) is 6.04 Å². The highest BCUT2D eigenvalue weighted by Gasteiger charge is 2.25. The summed E-state index contributed by atoms with van der Waals surface area (Å²) in [5.74, 6) is -1.50. The Balaban J connectivity index is 1.52. The molecule has 0 saturated carbocycles. The Morgan fingerprint density at radius 3 is 2.40 bits per heavy atom. The molecule has 2 N–H and O–H groups in total. The second-order valence-corrected chi connectivity index (χ2v) is 8.23. The number of rotatable bonds is 7. The summed E-state index contributed by atoms with van der Waals surface area (Å²) in [4.78, 5) is 29.0. The van der Waals surface area contributed by atoms with Crippen molar-refractivity contribution >= 4 is 11.8 Å². The van der Waals surface area contributed by atoms with Crippen molar-refractivity contribution in [1.29, 1.82) is 0 Å². The number of hydrogen-bond donors (Lipinski definition) is 2. The Morgan fingerprint density at radius 1 is 1.03 bits per heavy atom. The number of hydrogen-bond acceptors (Lipinski definition) is 4. The number of likely N-dealkylation sites (N-methyl/N-ethyl adjacent to an activating group) is 1. The average molecular weight is 417 g/mol. The van der Waals surface area contributed by atoms with Crippen molar-refractivity contribution in [2.24, 2.45) is 0 Å². The first-order chi connectivity index (χ1) is 14.5. The number of nitrogens with zero attached hydrogens (tertiary/aromatic N) is 2. The van der Waals surface area contributed by atoms with Crippen LogP contribution in [0.1, 0.15) is 43.7 Å². The highest BCUT2D eigenvalue weighted by Crippen LogP contribution is 2.22. The summed E-state index contributed by atoms with van der Waals surface area (Å²) < 4.78 is 13.4. The van der Waals surface area contributed by atoms with Gasteiger partial charge in [-0.25, -0.2) is 4.39 Å². The predicted octanol–water partition coefficient (Wildman–Crippen LogP) is 2.24. The van der Waals surface area contributed by atoms with E-state index in [-0.39, 0.29) is 11.9 Å². The first-order valence-corrected chi connectivity index (χ1v) is 10.9. The minimum atomic E-state index is -0.617. The normalized spacial score (nSPS) is 19.1. The molecular formula is C23H33FN4O2. The second kappa shape index (κ2) is 11.2. The molecule has 1 fully saturated rings. The number of benzene rings is 1. The maximum absolute atomic E-state index is 13.4. The minimum absolute atomic E-state index is 0.0940. The van der Waals surface area contributed by atoms with Gasteiger partial charge in [-0.2, -0.15) is 0 Å². The van der Waals surface area contributed by atoms with E-state index in [1.807, 2.05) is 0 Å². The Labute approximate surface area is 178 Å². The van der Waals surface area contributed by atoms with Crippen molar-refractivity contribution in [3.8, 4) is 0 Å². The number of piperazine rings is 1. The predicted molar refractivity (Wildman–Crippen MR) is 115 cm³/mol. The van der Waals surface area contributed by atoms with E-state index in [0.717, 1.165) is 51.0 Å². The van der Waals surface area contributed by atoms with Crippen LogP contribution < -0.4 is 10.6 Å². The van der Waals surface area contributed by atoms with Gasteiger partial charge >= 0.3 is 11.8 Å². The van der Waals surface area contributed by atoms with Crippen LogP contribution in [0.2, 0.25) is 0 Å². The maximum atomic E-state index is 13.4. The molecule has 0 aromatic heterocycles. The molecule has 0 unspecified atom stereocenters. The molecular weight excluding hydrogens is 383 g/mol. The molecule has 1 saturated heterocycles. The van der Waals surface area contributed by atoms with Gasteiger partial charge in [0.15, 0.2) is 0 Å². The summed E-state index contributed by atoms with van der Waals surface area (Å²) in [7, 11) is 2.08. The largest absolute Gasteiger partial charge is 0.348 e. The average Bonchev–Trinajstić information content (AvgIpc) is 2.76. The SMILES string of the molecule is CN1CCN([C@@H](CNC(=O)C(=O)NCCC2=CCCCC2)c2ccc(F)cc2)CC1. The molecule has 0 spiro atoms. The highest BCUT2D eigenvalue weighted by molar-refractivity contribution is 6.35. The number of halogens is 1. The molecule has 0 radical (unpaired) electrons. The zero-order chi connectivity index (χ0) is 21.3. The van der Waals surface area contributed by atoms with Crippen molar-refractivity contribution in [1.82, 2.24) is 20.4 Å². The molecule has 2 aliphatic rings. The fraction of sp³-hybridized carbons (Fsp3) is 0.565. The topological polar surface area (TPSA) is 64.7 Å². The van der Waals surface area contributed by atoms with Crippen molar-refractivity contribution in [2.45, 2.75) is 38.1 Å². The van der Waals surface area contributed by atoms with E-state index in [9.17, 15) is 14.0 Å². The molecule has 2 amide bonds. The summed E-state index contributed by atoms with van der Waals surface area (Å²) in [6.07, 6.45) is 7.70. The van der Waals surface area contributed by atoms with Crippen molar-refractivity contribution < 1.29 is 14.0 Å². The summed E-state index contributed by atoms with van der Waals surface area (Å²) in [5, 5.41) is 5.50. The molecule has 1 aromatic rings. The van der Waals surface area contributed by atoms with Gasteiger partial charge in [0.2, 0.25) is 0 Å². The lowest BCUT2D eigenvalue weighted by molar-refractivity contribution is -0.139. The third kappa shape index (κ3) is 6.64. The van der Waals surface area contributed by atoms with Crippen LogP contribution in [0.5, 0.6) is 0 Å². The second-order valence-electron chi connectivity index (χ2n) is 8.23. The molecule has 3 rings (SSSR count). The van der Waals surface area contributed by atoms with E-state index in [0.29, 0.717) is 13.1 Å². The van der Waals surface area contributed by atoms with Gasteiger partial charge in [-0.15, -0.1) is 0 Å². The van der Waals surface area contributed by atoms with Crippen LogP contribution in [-0.2, 0) is 9.59 Å². The molecule has 0 bridgehead atoms. The fourth-order valence-electron chi connectivity index (χ4n) is 4.09. The molecule has 30 heavy (non-hydrogen) atoms. The lowest BCUT2D eigenvalue weighted by Crippen LogP contribution is -2.49. The van der Waals surface area contributed by atoms with E-state index < -0.39 is 11.8 Å². The van der Waals surface area contributed by atoms with Crippen molar-refractivity contribution in [3.05, 3.63) is 47.3 Å². The first-order valence-electron chi connectivity index (χ1n) is 10.9. The van der Waals surface area contributed by atoms with Gasteiger partial charge in [-0.1, -0.05) is 23.8 Å². The lowest BCUT2D eigenvalue weighted by Gasteiger charge is -2.38. The molecule has 164 valence electrons. The summed E-state index contributed by atoms with van der Waals surface area (Å²) in [6.45, 7) is 4.38. The monoisotopic (exact) mass is 416 g/mol. The van der Waals surface area contributed by atoms with Crippen LogP contribution in [-0.4, -0.2) is 67.9 Å². The first kappa shape index (κ1) is 22.4. The lowest BCUT2D eigenvalue weighted by atomic mass is 9.97. The van der Waals surface area contributed by atoms with E-state index >= 15 is 0 Å². The summed E-state index contributed by atoms with van der Waals surface area (Å²) >= 11 is 0. The van der Waals surface area contributed by atoms with Gasteiger partial charge in [0.25, 0.3) is 0 Å². The minimum Gasteiger partial charge on any atom is -0.348 e.